The monoisotopic (exact) mass is 247 g/mol. The van der Waals surface area contributed by atoms with Crippen molar-refractivity contribution < 1.29 is 0 Å². The van der Waals surface area contributed by atoms with Crippen molar-refractivity contribution in [1.82, 2.24) is 5.32 Å². The first kappa shape index (κ1) is 11.6. The van der Waals surface area contributed by atoms with E-state index in [2.05, 4.69) is 36.5 Å². The number of benzene rings is 1. The van der Waals surface area contributed by atoms with Crippen LogP contribution in [0.1, 0.15) is 31.7 Å². The minimum atomic E-state index is 0.607. The summed E-state index contributed by atoms with van der Waals surface area (Å²) >= 11 is 2.05. The van der Waals surface area contributed by atoms with Gasteiger partial charge in [0.25, 0.3) is 0 Å². The highest BCUT2D eigenvalue weighted by Gasteiger charge is 2.31. The Morgan fingerprint density at radius 1 is 1.35 bits per heavy atom. The van der Waals surface area contributed by atoms with Crippen molar-refractivity contribution in [3.05, 3.63) is 29.8 Å². The van der Waals surface area contributed by atoms with E-state index in [0.717, 1.165) is 11.8 Å². The van der Waals surface area contributed by atoms with Crippen molar-refractivity contribution in [2.75, 3.05) is 13.1 Å². The van der Waals surface area contributed by atoms with Crippen LogP contribution < -0.4 is 5.32 Å². The van der Waals surface area contributed by atoms with Gasteiger partial charge in [0.15, 0.2) is 0 Å². The highest BCUT2D eigenvalue weighted by atomic mass is 32.2. The third kappa shape index (κ3) is 2.53. The molecule has 92 valence electrons. The molecule has 0 bridgehead atoms. The molecule has 17 heavy (non-hydrogen) atoms. The van der Waals surface area contributed by atoms with Crippen LogP contribution in [0.2, 0.25) is 0 Å². The lowest BCUT2D eigenvalue weighted by molar-refractivity contribution is 0.157. The van der Waals surface area contributed by atoms with E-state index >= 15 is 0 Å². The third-order valence-corrected chi connectivity index (χ3v) is 5.52. The molecule has 1 atom stereocenters. The summed E-state index contributed by atoms with van der Waals surface area (Å²) in [6.45, 7) is 4.79. The van der Waals surface area contributed by atoms with Gasteiger partial charge in [-0.3, -0.25) is 0 Å². The molecule has 1 N–H and O–H groups in total. The Morgan fingerprint density at radius 3 is 2.88 bits per heavy atom. The van der Waals surface area contributed by atoms with Crippen LogP contribution in [0, 0.1) is 5.41 Å². The first-order valence-electron chi connectivity index (χ1n) is 6.70. The van der Waals surface area contributed by atoms with Crippen molar-refractivity contribution in [2.24, 2.45) is 5.41 Å². The Morgan fingerprint density at radius 2 is 2.18 bits per heavy atom. The summed E-state index contributed by atoms with van der Waals surface area (Å²) in [4.78, 5) is 1.49. The maximum Gasteiger partial charge on any atom is 0.0260 e. The number of nitrogens with one attached hydrogen (secondary N) is 1. The minimum Gasteiger partial charge on any atom is -0.315 e. The molecule has 2 heteroatoms. The summed E-state index contributed by atoms with van der Waals surface area (Å²) in [5.41, 5.74) is 2.15. The molecule has 1 nitrogen and oxygen atoms in total. The normalized spacial score (nSPS) is 25.4. The van der Waals surface area contributed by atoms with Crippen LogP contribution >= 0.6 is 11.8 Å². The number of hydrogen-bond acceptors (Lipinski definition) is 2. The van der Waals surface area contributed by atoms with Crippen molar-refractivity contribution >= 4 is 11.8 Å². The third-order valence-electron chi connectivity index (χ3n) is 4.20. The van der Waals surface area contributed by atoms with E-state index in [1.807, 2.05) is 11.8 Å². The van der Waals surface area contributed by atoms with E-state index in [1.165, 1.54) is 37.1 Å². The first-order valence-corrected chi connectivity index (χ1v) is 7.58. The van der Waals surface area contributed by atoms with Gasteiger partial charge in [0, 0.05) is 23.2 Å². The quantitative estimate of drug-likeness (QED) is 0.874. The van der Waals surface area contributed by atoms with Crippen LogP contribution in [0.15, 0.2) is 29.2 Å². The van der Waals surface area contributed by atoms with Gasteiger partial charge in [-0.25, -0.2) is 0 Å². The lowest BCUT2D eigenvalue weighted by Gasteiger charge is -2.38. The average Bonchev–Trinajstić information content (AvgIpc) is 2.69. The summed E-state index contributed by atoms with van der Waals surface area (Å²) in [5, 5.41) is 4.43. The second-order valence-corrected chi connectivity index (χ2v) is 7.19. The fourth-order valence-electron chi connectivity index (χ4n) is 2.86. The standard InChI is InChI=1S/C15H21NS/c1-15(7-4-8-15)11-16-10-13-9-12-5-2-3-6-14(12)17-13/h2-3,5-6,13,16H,4,7-11H2,1H3. The number of fused-ring (bicyclic) bond motifs is 1. The molecule has 3 rings (SSSR count). The van der Waals surface area contributed by atoms with E-state index in [-0.39, 0.29) is 0 Å². The first-order chi connectivity index (χ1) is 8.25. The zero-order chi connectivity index (χ0) is 11.7. The zero-order valence-corrected chi connectivity index (χ0v) is 11.4. The van der Waals surface area contributed by atoms with Crippen LogP contribution in [0.3, 0.4) is 0 Å². The Bertz CT molecular complexity index is 373. The molecule has 0 radical (unpaired) electrons. The molecule has 0 saturated heterocycles. The van der Waals surface area contributed by atoms with Crippen LogP contribution in [-0.4, -0.2) is 18.3 Å². The topological polar surface area (TPSA) is 12.0 Å². The van der Waals surface area contributed by atoms with Crippen LogP contribution in [0.25, 0.3) is 0 Å². The Balaban J connectivity index is 1.46. The van der Waals surface area contributed by atoms with Gasteiger partial charge in [0.05, 0.1) is 0 Å². The number of hydrogen-bond donors (Lipinski definition) is 1. The Hall–Kier alpha value is -0.470. The van der Waals surface area contributed by atoms with E-state index < -0.39 is 0 Å². The molecule has 1 aromatic rings. The maximum absolute atomic E-state index is 3.68. The summed E-state index contributed by atoms with van der Waals surface area (Å²) in [7, 11) is 0. The molecule has 1 aliphatic carbocycles. The van der Waals surface area contributed by atoms with Gasteiger partial charge in [-0.05, 0) is 36.3 Å². The molecule has 1 saturated carbocycles. The molecule has 1 unspecified atom stereocenters. The largest absolute Gasteiger partial charge is 0.315 e. The molecule has 0 amide bonds. The average molecular weight is 247 g/mol. The predicted molar refractivity (Wildman–Crippen MR) is 74.6 cm³/mol. The van der Waals surface area contributed by atoms with Gasteiger partial charge in [-0.1, -0.05) is 31.5 Å². The lowest BCUT2D eigenvalue weighted by atomic mass is 9.70. The summed E-state index contributed by atoms with van der Waals surface area (Å²) in [6, 6.07) is 8.84. The molecular weight excluding hydrogens is 226 g/mol. The zero-order valence-electron chi connectivity index (χ0n) is 10.5. The van der Waals surface area contributed by atoms with Gasteiger partial charge in [0.1, 0.15) is 0 Å². The molecule has 0 spiro atoms. The fourth-order valence-corrected chi connectivity index (χ4v) is 4.14. The second-order valence-electron chi connectivity index (χ2n) is 5.85. The van der Waals surface area contributed by atoms with E-state index in [1.54, 1.807) is 5.56 Å². The predicted octanol–water partition coefficient (Wildman–Crippen LogP) is 3.48. The lowest BCUT2D eigenvalue weighted by Crippen LogP contribution is -2.39. The fraction of sp³-hybridized carbons (Fsp3) is 0.600. The highest BCUT2D eigenvalue weighted by Crippen LogP contribution is 2.40. The number of thioether (sulfide) groups is 1. The van der Waals surface area contributed by atoms with E-state index in [9.17, 15) is 0 Å². The molecule has 1 heterocycles. The van der Waals surface area contributed by atoms with Gasteiger partial charge in [-0.15, -0.1) is 11.8 Å². The van der Waals surface area contributed by atoms with Crippen molar-refractivity contribution in [1.29, 1.82) is 0 Å². The molecule has 1 aliphatic heterocycles. The number of rotatable bonds is 4. The van der Waals surface area contributed by atoms with E-state index in [0.29, 0.717) is 5.41 Å². The maximum atomic E-state index is 3.68. The Labute approximate surface area is 108 Å². The minimum absolute atomic E-state index is 0.607. The summed E-state index contributed by atoms with van der Waals surface area (Å²) in [5.74, 6) is 0. The summed E-state index contributed by atoms with van der Waals surface area (Å²) in [6.07, 6.45) is 5.50. The van der Waals surface area contributed by atoms with Crippen LogP contribution in [-0.2, 0) is 6.42 Å². The van der Waals surface area contributed by atoms with Crippen LogP contribution in [0.5, 0.6) is 0 Å². The molecule has 0 aromatic heterocycles. The smallest absolute Gasteiger partial charge is 0.0260 e. The summed E-state index contributed by atoms with van der Waals surface area (Å²) < 4.78 is 0. The second kappa shape index (κ2) is 4.66. The van der Waals surface area contributed by atoms with Crippen molar-refractivity contribution in [3.8, 4) is 0 Å². The van der Waals surface area contributed by atoms with Crippen molar-refractivity contribution in [2.45, 2.75) is 42.8 Å². The highest BCUT2D eigenvalue weighted by molar-refractivity contribution is 8.00. The SMILES string of the molecule is CC1(CNCC2Cc3ccccc3S2)CCC1. The molecule has 1 fully saturated rings. The van der Waals surface area contributed by atoms with Gasteiger partial charge >= 0.3 is 0 Å². The van der Waals surface area contributed by atoms with E-state index in [4.69, 9.17) is 0 Å². The van der Waals surface area contributed by atoms with Crippen LogP contribution in [0.4, 0.5) is 0 Å². The molecule has 2 aliphatic rings. The Kier molecular flexibility index (Phi) is 3.18. The van der Waals surface area contributed by atoms with Gasteiger partial charge in [-0.2, -0.15) is 0 Å². The van der Waals surface area contributed by atoms with Gasteiger partial charge in [0.2, 0.25) is 0 Å². The molecule has 1 aromatic carbocycles. The van der Waals surface area contributed by atoms with Crippen molar-refractivity contribution in [3.63, 3.8) is 0 Å². The molecular formula is C15H21NS. The van der Waals surface area contributed by atoms with Gasteiger partial charge < -0.3 is 5.32 Å².